The molecule has 0 saturated carbocycles. The summed E-state index contributed by atoms with van der Waals surface area (Å²) in [7, 11) is 0. The van der Waals surface area contributed by atoms with Gasteiger partial charge in [0.25, 0.3) is 0 Å². The maximum absolute atomic E-state index is 12.2. The van der Waals surface area contributed by atoms with Gasteiger partial charge in [-0.25, -0.2) is 4.98 Å². The first-order chi connectivity index (χ1) is 13.7. The SMILES string of the molecule is O=C(Cc1csc(-c2ccccn2)n1)Oc1ccc(-c2ccc(I)cc2)cc1. The molecule has 0 saturated heterocycles. The van der Waals surface area contributed by atoms with Crippen LogP contribution < -0.4 is 4.74 Å². The molecule has 0 radical (unpaired) electrons. The number of nitrogens with zero attached hydrogens (tertiary/aromatic N) is 2. The predicted octanol–water partition coefficient (Wildman–Crippen LogP) is 5.62. The number of esters is 1. The van der Waals surface area contributed by atoms with Crippen LogP contribution in [0, 0.1) is 3.57 Å². The first-order valence-corrected chi connectivity index (χ1v) is 10.6. The molecule has 0 N–H and O–H groups in total. The van der Waals surface area contributed by atoms with E-state index in [0.717, 1.165) is 21.8 Å². The number of rotatable bonds is 5. The van der Waals surface area contributed by atoms with Crippen LogP contribution in [0.4, 0.5) is 0 Å². The van der Waals surface area contributed by atoms with E-state index in [4.69, 9.17) is 4.74 Å². The lowest BCUT2D eigenvalue weighted by atomic mass is 10.1. The fraction of sp³-hybridized carbons (Fsp3) is 0.0455. The fourth-order valence-electron chi connectivity index (χ4n) is 2.67. The molecule has 4 aromatic rings. The van der Waals surface area contributed by atoms with Crippen molar-refractivity contribution < 1.29 is 9.53 Å². The molecule has 0 atom stereocenters. The van der Waals surface area contributed by atoms with Gasteiger partial charge in [0.1, 0.15) is 10.8 Å². The molecule has 0 bridgehead atoms. The van der Waals surface area contributed by atoms with Gasteiger partial charge in [-0.1, -0.05) is 30.3 Å². The Morgan fingerprint density at radius 3 is 2.36 bits per heavy atom. The second-order valence-corrected chi connectivity index (χ2v) is 8.14. The zero-order valence-corrected chi connectivity index (χ0v) is 17.7. The maximum Gasteiger partial charge on any atom is 0.317 e. The van der Waals surface area contributed by atoms with Crippen LogP contribution in [-0.4, -0.2) is 15.9 Å². The Labute approximate surface area is 180 Å². The van der Waals surface area contributed by atoms with E-state index in [0.29, 0.717) is 11.4 Å². The lowest BCUT2D eigenvalue weighted by Crippen LogP contribution is -2.11. The summed E-state index contributed by atoms with van der Waals surface area (Å²) in [5, 5.41) is 2.66. The highest BCUT2D eigenvalue weighted by atomic mass is 127. The largest absolute Gasteiger partial charge is 0.426 e. The van der Waals surface area contributed by atoms with Gasteiger partial charge in [0, 0.05) is 15.1 Å². The highest BCUT2D eigenvalue weighted by molar-refractivity contribution is 14.1. The molecular weight excluding hydrogens is 483 g/mol. The van der Waals surface area contributed by atoms with E-state index < -0.39 is 0 Å². The van der Waals surface area contributed by atoms with Crippen molar-refractivity contribution in [2.75, 3.05) is 0 Å². The third kappa shape index (κ3) is 4.63. The van der Waals surface area contributed by atoms with Crippen molar-refractivity contribution in [3.8, 4) is 27.6 Å². The average molecular weight is 498 g/mol. The van der Waals surface area contributed by atoms with Crippen LogP contribution in [0.2, 0.25) is 0 Å². The van der Waals surface area contributed by atoms with Crippen LogP contribution in [0.5, 0.6) is 5.75 Å². The van der Waals surface area contributed by atoms with E-state index in [1.54, 1.807) is 6.20 Å². The number of ether oxygens (including phenoxy) is 1. The number of benzene rings is 2. The number of hydrogen-bond acceptors (Lipinski definition) is 5. The summed E-state index contributed by atoms with van der Waals surface area (Å²) in [4.78, 5) is 21.0. The third-order valence-electron chi connectivity index (χ3n) is 4.02. The van der Waals surface area contributed by atoms with Gasteiger partial charge in [0.15, 0.2) is 0 Å². The molecule has 2 aromatic carbocycles. The molecule has 0 aliphatic carbocycles. The van der Waals surface area contributed by atoms with Crippen molar-refractivity contribution in [3.63, 3.8) is 0 Å². The molecule has 0 aliphatic heterocycles. The minimum atomic E-state index is -0.333. The molecule has 4 nitrogen and oxygen atoms in total. The van der Waals surface area contributed by atoms with Crippen molar-refractivity contribution in [1.82, 2.24) is 9.97 Å². The van der Waals surface area contributed by atoms with Crippen molar-refractivity contribution in [2.24, 2.45) is 0 Å². The summed E-state index contributed by atoms with van der Waals surface area (Å²) in [6.07, 6.45) is 1.85. The van der Waals surface area contributed by atoms with Gasteiger partial charge in [-0.3, -0.25) is 9.78 Å². The molecule has 2 heterocycles. The summed E-state index contributed by atoms with van der Waals surface area (Å²) < 4.78 is 6.65. The van der Waals surface area contributed by atoms with Crippen LogP contribution in [0.15, 0.2) is 78.3 Å². The topological polar surface area (TPSA) is 52.1 Å². The Hall–Kier alpha value is -2.58. The number of thiazole rings is 1. The molecule has 0 unspecified atom stereocenters. The summed E-state index contributed by atoms with van der Waals surface area (Å²) in [5.74, 6) is 0.194. The highest BCUT2D eigenvalue weighted by Gasteiger charge is 2.11. The number of halogens is 1. The van der Waals surface area contributed by atoms with Crippen molar-refractivity contribution in [2.45, 2.75) is 6.42 Å². The molecule has 0 spiro atoms. The Kier molecular flexibility index (Phi) is 5.78. The molecule has 6 heteroatoms. The number of aromatic nitrogens is 2. The van der Waals surface area contributed by atoms with Crippen LogP contribution >= 0.6 is 33.9 Å². The van der Waals surface area contributed by atoms with Crippen LogP contribution in [0.3, 0.4) is 0 Å². The van der Waals surface area contributed by atoms with Gasteiger partial charge < -0.3 is 4.74 Å². The Bertz CT molecular complexity index is 1080. The monoisotopic (exact) mass is 498 g/mol. The summed E-state index contributed by atoms with van der Waals surface area (Å²) in [6.45, 7) is 0. The number of carbonyl (C=O) groups excluding carboxylic acids is 1. The van der Waals surface area contributed by atoms with Gasteiger partial charge >= 0.3 is 5.97 Å². The second kappa shape index (κ2) is 8.62. The zero-order chi connectivity index (χ0) is 19.3. The molecule has 138 valence electrons. The summed E-state index contributed by atoms with van der Waals surface area (Å²) in [5.41, 5.74) is 3.70. The van der Waals surface area contributed by atoms with Crippen LogP contribution in [0.25, 0.3) is 21.8 Å². The molecular formula is C22H15IN2O2S. The van der Waals surface area contributed by atoms with Gasteiger partial charge in [0.2, 0.25) is 0 Å². The molecule has 0 fully saturated rings. The minimum Gasteiger partial charge on any atom is -0.426 e. The molecule has 4 rings (SSSR count). The van der Waals surface area contributed by atoms with E-state index in [9.17, 15) is 4.79 Å². The molecule has 28 heavy (non-hydrogen) atoms. The van der Waals surface area contributed by atoms with Gasteiger partial charge in [-0.15, -0.1) is 11.3 Å². The molecule has 0 aliphatic rings. The van der Waals surface area contributed by atoms with E-state index in [2.05, 4.69) is 56.8 Å². The Balaban J connectivity index is 1.39. The Morgan fingerprint density at radius 1 is 0.964 bits per heavy atom. The van der Waals surface area contributed by atoms with E-state index in [-0.39, 0.29) is 12.4 Å². The average Bonchev–Trinajstić information content (AvgIpc) is 3.18. The first-order valence-electron chi connectivity index (χ1n) is 8.60. The van der Waals surface area contributed by atoms with Crippen LogP contribution in [0.1, 0.15) is 5.69 Å². The fourth-order valence-corrected chi connectivity index (χ4v) is 3.82. The number of carbonyl (C=O) groups is 1. The first kappa shape index (κ1) is 18.8. The maximum atomic E-state index is 12.2. The highest BCUT2D eigenvalue weighted by Crippen LogP contribution is 2.24. The predicted molar refractivity (Wildman–Crippen MR) is 119 cm³/mol. The second-order valence-electron chi connectivity index (χ2n) is 6.04. The molecule has 2 aromatic heterocycles. The van der Waals surface area contributed by atoms with Crippen molar-refractivity contribution in [1.29, 1.82) is 0 Å². The quantitative estimate of drug-likeness (QED) is 0.204. The van der Waals surface area contributed by atoms with Crippen molar-refractivity contribution in [3.05, 3.63) is 87.6 Å². The third-order valence-corrected chi connectivity index (χ3v) is 5.66. The number of pyridine rings is 1. The normalized spacial score (nSPS) is 10.6. The van der Waals surface area contributed by atoms with Gasteiger partial charge in [0.05, 0.1) is 17.8 Å². The van der Waals surface area contributed by atoms with Crippen molar-refractivity contribution >= 4 is 39.9 Å². The Morgan fingerprint density at radius 2 is 1.68 bits per heavy atom. The smallest absolute Gasteiger partial charge is 0.317 e. The lowest BCUT2D eigenvalue weighted by molar-refractivity contribution is -0.133. The van der Waals surface area contributed by atoms with Crippen LogP contribution in [-0.2, 0) is 11.2 Å². The van der Waals surface area contributed by atoms with E-state index in [1.807, 2.05) is 47.8 Å². The summed E-state index contributed by atoms with van der Waals surface area (Å²) >= 11 is 3.75. The van der Waals surface area contributed by atoms with E-state index >= 15 is 0 Å². The zero-order valence-electron chi connectivity index (χ0n) is 14.7. The number of hydrogen-bond donors (Lipinski definition) is 0. The lowest BCUT2D eigenvalue weighted by Gasteiger charge is -2.06. The summed E-state index contributed by atoms with van der Waals surface area (Å²) in [6, 6.07) is 21.5. The standard InChI is InChI=1S/C22H15IN2O2S/c23-17-8-4-15(5-9-17)16-6-10-19(11-7-16)27-21(26)13-18-14-28-22(25-18)20-3-1-2-12-24-20/h1-12,14H,13H2. The van der Waals surface area contributed by atoms with E-state index in [1.165, 1.54) is 14.9 Å². The minimum absolute atomic E-state index is 0.127. The van der Waals surface area contributed by atoms with Gasteiger partial charge in [-0.05, 0) is 70.1 Å². The molecule has 0 amide bonds. The van der Waals surface area contributed by atoms with Gasteiger partial charge in [-0.2, -0.15) is 0 Å².